The van der Waals surface area contributed by atoms with Crippen molar-refractivity contribution < 1.29 is 4.84 Å². The van der Waals surface area contributed by atoms with Gasteiger partial charge in [0, 0.05) is 0 Å². The maximum atomic E-state index is 11.1. The Morgan fingerprint density at radius 2 is 1.65 bits per heavy atom. The molecule has 0 amide bonds. The summed E-state index contributed by atoms with van der Waals surface area (Å²) in [6, 6.07) is 5.06. The Morgan fingerprint density at radius 3 is 2.24 bits per heavy atom. The SMILES string of the molecule is CC.CONc1ccc2[nH]c(=O)c(=O)[nH]c2c1. The number of hydrogen-bond donors (Lipinski definition) is 3. The van der Waals surface area contributed by atoms with Crippen LogP contribution in [0.15, 0.2) is 27.8 Å². The highest BCUT2D eigenvalue weighted by Gasteiger charge is 1.99. The lowest BCUT2D eigenvalue weighted by Crippen LogP contribution is -2.28. The predicted molar refractivity (Wildman–Crippen MR) is 67.2 cm³/mol. The van der Waals surface area contributed by atoms with E-state index in [-0.39, 0.29) is 0 Å². The molecule has 2 aromatic rings. The van der Waals surface area contributed by atoms with Crippen LogP contribution in [-0.2, 0) is 4.84 Å². The first-order valence-electron chi connectivity index (χ1n) is 5.26. The fourth-order valence-electron chi connectivity index (χ4n) is 1.30. The maximum Gasteiger partial charge on any atom is 0.314 e. The third-order valence-corrected chi connectivity index (χ3v) is 1.94. The number of rotatable bonds is 2. The Balaban J connectivity index is 0.000000686. The van der Waals surface area contributed by atoms with Crippen LogP contribution in [0.3, 0.4) is 0 Å². The van der Waals surface area contributed by atoms with Gasteiger partial charge in [0.25, 0.3) is 0 Å². The smallest absolute Gasteiger partial charge is 0.314 e. The zero-order valence-corrected chi connectivity index (χ0v) is 9.96. The van der Waals surface area contributed by atoms with Crippen molar-refractivity contribution in [3.8, 4) is 0 Å². The van der Waals surface area contributed by atoms with Gasteiger partial charge in [0.05, 0.1) is 23.8 Å². The van der Waals surface area contributed by atoms with Gasteiger partial charge in [0.2, 0.25) is 0 Å². The third kappa shape index (κ3) is 2.94. The number of benzene rings is 1. The van der Waals surface area contributed by atoms with Crippen LogP contribution in [0.4, 0.5) is 5.69 Å². The normalized spacial score (nSPS) is 9.59. The summed E-state index contributed by atoms with van der Waals surface area (Å²) < 4.78 is 0. The largest absolute Gasteiger partial charge is 0.316 e. The minimum atomic E-state index is -0.669. The molecule has 0 radical (unpaired) electrons. The second kappa shape index (κ2) is 5.86. The summed E-state index contributed by atoms with van der Waals surface area (Å²) in [4.78, 5) is 31.7. The molecular weight excluding hydrogens is 222 g/mol. The van der Waals surface area contributed by atoms with Crippen molar-refractivity contribution in [1.29, 1.82) is 0 Å². The van der Waals surface area contributed by atoms with Gasteiger partial charge in [-0.05, 0) is 18.2 Å². The minimum Gasteiger partial charge on any atom is -0.316 e. The number of H-pyrrole nitrogens is 2. The Bertz CT molecular complexity index is 601. The van der Waals surface area contributed by atoms with Gasteiger partial charge in [-0.15, -0.1) is 0 Å². The van der Waals surface area contributed by atoms with E-state index in [1.54, 1.807) is 18.2 Å². The van der Waals surface area contributed by atoms with Crippen LogP contribution in [0.25, 0.3) is 11.0 Å². The summed E-state index contributed by atoms with van der Waals surface area (Å²) in [5.41, 5.74) is 3.09. The van der Waals surface area contributed by atoms with Crippen LogP contribution in [0.2, 0.25) is 0 Å². The molecule has 1 aromatic heterocycles. The molecule has 0 atom stereocenters. The van der Waals surface area contributed by atoms with E-state index in [1.165, 1.54) is 7.11 Å². The van der Waals surface area contributed by atoms with Crippen LogP contribution in [0, 0.1) is 0 Å². The fourth-order valence-corrected chi connectivity index (χ4v) is 1.30. The summed E-state index contributed by atoms with van der Waals surface area (Å²) in [6.45, 7) is 4.00. The minimum absolute atomic E-state index is 0.543. The Kier molecular flexibility index (Phi) is 4.47. The molecule has 0 spiro atoms. The van der Waals surface area contributed by atoms with Gasteiger partial charge < -0.3 is 9.97 Å². The topological polar surface area (TPSA) is 87.0 Å². The summed E-state index contributed by atoms with van der Waals surface area (Å²) in [5.74, 6) is 0. The van der Waals surface area contributed by atoms with Gasteiger partial charge >= 0.3 is 11.1 Å². The van der Waals surface area contributed by atoms with Gasteiger partial charge in [-0.25, -0.2) is 0 Å². The van der Waals surface area contributed by atoms with E-state index < -0.39 is 11.1 Å². The molecule has 2 rings (SSSR count). The molecule has 0 bridgehead atoms. The Morgan fingerprint density at radius 1 is 1.06 bits per heavy atom. The molecule has 6 nitrogen and oxygen atoms in total. The lowest BCUT2D eigenvalue weighted by molar-refractivity contribution is 0.271. The second-order valence-corrected chi connectivity index (χ2v) is 2.97. The van der Waals surface area contributed by atoms with Gasteiger partial charge in [0.15, 0.2) is 0 Å². The van der Waals surface area contributed by atoms with Gasteiger partial charge in [-0.2, -0.15) is 0 Å². The number of aromatic amines is 2. The molecule has 6 heteroatoms. The zero-order chi connectivity index (χ0) is 12.8. The molecule has 0 unspecified atom stereocenters. The number of aromatic nitrogens is 2. The van der Waals surface area contributed by atoms with E-state index >= 15 is 0 Å². The van der Waals surface area contributed by atoms with Crippen molar-refractivity contribution in [1.82, 2.24) is 9.97 Å². The van der Waals surface area contributed by atoms with Crippen molar-refractivity contribution in [3.63, 3.8) is 0 Å². The molecule has 1 aromatic carbocycles. The molecular formula is C11H15N3O3. The van der Waals surface area contributed by atoms with Gasteiger partial charge in [-0.1, -0.05) is 13.8 Å². The number of nitrogens with one attached hydrogen (secondary N) is 3. The van der Waals surface area contributed by atoms with Crippen LogP contribution >= 0.6 is 0 Å². The molecule has 0 aliphatic heterocycles. The molecule has 0 aliphatic carbocycles. The van der Waals surface area contributed by atoms with E-state index in [2.05, 4.69) is 15.4 Å². The van der Waals surface area contributed by atoms with Crippen LogP contribution in [0.5, 0.6) is 0 Å². The van der Waals surface area contributed by atoms with Gasteiger partial charge in [-0.3, -0.25) is 19.9 Å². The standard InChI is InChI=1S/C9H9N3O3.C2H6/c1-15-12-5-2-3-6-7(4-5)11-9(14)8(13)10-6;1-2/h2-4,12H,1H3,(H,10,13)(H,11,14);1-2H3. The second-order valence-electron chi connectivity index (χ2n) is 2.97. The molecule has 0 fully saturated rings. The van der Waals surface area contributed by atoms with Crippen molar-refractivity contribution in [2.24, 2.45) is 0 Å². The van der Waals surface area contributed by atoms with E-state index in [1.807, 2.05) is 13.8 Å². The quantitative estimate of drug-likeness (QED) is 0.541. The van der Waals surface area contributed by atoms with Crippen LogP contribution in [0.1, 0.15) is 13.8 Å². The van der Waals surface area contributed by atoms with Crippen LogP contribution in [-0.4, -0.2) is 17.1 Å². The fraction of sp³-hybridized carbons (Fsp3) is 0.273. The van der Waals surface area contributed by atoms with E-state index in [4.69, 9.17) is 4.84 Å². The maximum absolute atomic E-state index is 11.1. The first-order chi connectivity index (χ1) is 8.20. The van der Waals surface area contributed by atoms with Gasteiger partial charge in [0.1, 0.15) is 0 Å². The number of anilines is 1. The first kappa shape index (κ1) is 13.0. The highest BCUT2D eigenvalue weighted by atomic mass is 16.6. The molecule has 0 aliphatic rings. The van der Waals surface area contributed by atoms with E-state index in [9.17, 15) is 9.59 Å². The first-order valence-corrected chi connectivity index (χ1v) is 5.26. The monoisotopic (exact) mass is 237 g/mol. The summed E-state index contributed by atoms with van der Waals surface area (Å²) in [5, 5.41) is 0. The average molecular weight is 237 g/mol. The predicted octanol–water partition coefficient (Wildman–Crippen LogP) is 1.22. The highest BCUT2D eigenvalue weighted by Crippen LogP contribution is 2.13. The lowest BCUT2D eigenvalue weighted by Gasteiger charge is -2.03. The Labute approximate surface area is 97.6 Å². The average Bonchev–Trinajstić information content (AvgIpc) is 2.34. The zero-order valence-electron chi connectivity index (χ0n) is 9.96. The summed E-state index contributed by atoms with van der Waals surface area (Å²) in [7, 11) is 1.49. The van der Waals surface area contributed by atoms with Crippen molar-refractivity contribution in [2.45, 2.75) is 13.8 Å². The van der Waals surface area contributed by atoms with Crippen LogP contribution < -0.4 is 16.6 Å². The molecule has 0 saturated carbocycles. The molecule has 0 saturated heterocycles. The third-order valence-electron chi connectivity index (χ3n) is 1.94. The molecule has 92 valence electrons. The van der Waals surface area contributed by atoms with Crippen molar-refractivity contribution in [2.75, 3.05) is 12.6 Å². The van der Waals surface area contributed by atoms with E-state index in [0.29, 0.717) is 16.7 Å². The molecule has 17 heavy (non-hydrogen) atoms. The summed E-state index contributed by atoms with van der Waals surface area (Å²) >= 11 is 0. The van der Waals surface area contributed by atoms with Crippen molar-refractivity contribution >= 4 is 16.7 Å². The highest BCUT2D eigenvalue weighted by molar-refractivity contribution is 5.77. The number of fused-ring (bicyclic) bond motifs is 1. The van der Waals surface area contributed by atoms with Crippen molar-refractivity contribution in [3.05, 3.63) is 38.9 Å². The lowest BCUT2D eigenvalue weighted by atomic mass is 10.3. The molecule has 3 N–H and O–H groups in total. The molecule has 1 heterocycles. The summed E-state index contributed by atoms with van der Waals surface area (Å²) in [6.07, 6.45) is 0. The number of hydrogen-bond acceptors (Lipinski definition) is 4. The Hall–Kier alpha value is -2.08. The van der Waals surface area contributed by atoms with E-state index in [0.717, 1.165) is 0 Å².